The molecule has 0 radical (unpaired) electrons. The molecule has 0 spiro atoms. The zero-order valence-electron chi connectivity index (χ0n) is 11.4. The van der Waals surface area contributed by atoms with Crippen molar-refractivity contribution in [3.63, 3.8) is 0 Å². The lowest BCUT2D eigenvalue weighted by Gasteiger charge is -2.18. The van der Waals surface area contributed by atoms with Gasteiger partial charge in [-0.2, -0.15) is 0 Å². The maximum absolute atomic E-state index is 13.7. The molecule has 112 valence electrons. The first-order valence-electron chi connectivity index (χ1n) is 6.17. The van der Waals surface area contributed by atoms with Crippen LogP contribution in [0.25, 0.3) is 0 Å². The summed E-state index contributed by atoms with van der Waals surface area (Å²) in [5.41, 5.74) is 1.31. The minimum atomic E-state index is -0.419. The van der Waals surface area contributed by atoms with E-state index in [1.54, 1.807) is 24.3 Å². The van der Waals surface area contributed by atoms with Crippen molar-refractivity contribution in [3.05, 3.63) is 56.8 Å². The van der Waals surface area contributed by atoms with Crippen LogP contribution < -0.4 is 10.1 Å². The van der Waals surface area contributed by atoms with Crippen LogP contribution >= 0.6 is 34.8 Å². The van der Waals surface area contributed by atoms with E-state index < -0.39 is 5.82 Å². The molecule has 1 atom stereocenters. The highest BCUT2D eigenvalue weighted by atomic mass is 35.5. The third-order valence-corrected chi connectivity index (χ3v) is 3.86. The average molecular weight is 349 g/mol. The molecule has 1 N–H and O–H groups in total. The van der Waals surface area contributed by atoms with E-state index in [0.717, 1.165) is 5.56 Å². The lowest BCUT2D eigenvalue weighted by molar-refractivity contribution is 0.386. The molecule has 21 heavy (non-hydrogen) atoms. The summed E-state index contributed by atoms with van der Waals surface area (Å²) < 4.78 is 18.6. The van der Waals surface area contributed by atoms with Gasteiger partial charge in [-0.25, -0.2) is 4.39 Å². The molecule has 0 saturated carbocycles. The number of anilines is 1. The number of ether oxygens (including phenoxy) is 1. The number of halogens is 4. The Morgan fingerprint density at radius 3 is 2.24 bits per heavy atom. The lowest BCUT2D eigenvalue weighted by Crippen LogP contribution is -2.08. The second-order valence-electron chi connectivity index (χ2n) is 4.50. The second kappa shape index (κ2) is 6.73. The monoisotopic (exact) mass is 347 g/mol. The van der Waals surface area contributed by atoms with Crippen LogP contribution in [0.3, 0.4) is 0 Å². The van der Waals surface area contributed by atoms with Crippen molar-refractivity contribution in [3.8, 4) is 5.75 Å². The maximum Gasteiger partial charge on any atom is 0.165 e. The van der Waals surface area contributed by atoms with Gasteiger partial charge in [0, 0.05) is 11.1 Å². The summed E-state index contributed by atoms with van der Waals surface area (Å²) in [6.07, 6.45) is 0. The Kier molecular flexibility index (Phi) is 5.20. The molecule has 0 aliphatic heterocycles. The molecule has 0 aliphatic carbocycles. The van der Waals surface area contributed by atoms with Crippen LogP contribution in [0.5, 0.6) is 5.75 Å². The summed E-state index contributed by atoms with van der Waals surface area (Å²) in [5, 5.41) is 4.43. The van der Waals surface area contributed by atoms with E-state index in [-0.39, 0.29) is 11.8 Å². The lowest BCUT2D eigenvalue weighted by atomic mass is 10.1. The van der Waals surface area contributed by atoms with Crippen molar-refractivity contribution in [2.75, 3.05) is 12.4 Å². The Hall–Kier alpha value is -1.16. The Balaban J connectivity index is 2.26. The van der Waals surface area contributed by atoms with Crippen LogP contribution in [0.4, 0.5) is 10.1 Å². The highest BCUT2D eigenvalue weighted by Gasteiger charge is 2.14. The van der Waals surface area contributed by atoms with Crippen molar-refractivity contribution in [2.24, 2.45) is 0 Å². The van der Waals surface area contributed by atoms with Gasteiger partial charge in [0.1, 0.15) is 0 Å². The first-order valence-corrected chi connectivity index (χ1v) is 7.30. The Morgan fingerprint density at radius 1 is 1.10 bits per heavy atom. The topological polar surface area (TPSA) is 21.3 Å². The summed E-state index contributed by atoms with van der Waals surface area (Å²) in [4.78, 5) is 0. The molecular formula is C15H13Cl3FNO. The van der Waals surface area contributed by atoms with Gasteiger partial charge in [-0.3, -0.25) is 0 Å². The van der Waals surface area contributed by atoms with Crippen molar-refractivity contribution in [1.82, 2.24) is 0 Å². The molecule has 6 heteroatoms. The van der Waals surface area contributed by atoms with E-state index in [2.05, 4.69) is 5.32 Å². The van der Waals surface area contributed by atoms with Gasteiger partial charge in [0.15, 0.2) is 11.6 Å². The van der Waals surface area contributed by atoms with E-state index in [4.69, 9.17) is 39.5 Å². The third-order valence-electron chi connectivity index (χ3n) is 3.04. The SMILES string of the molecule is COc1ccc(C(C)Nc2c(Cl)cc(Cl)cc2Cl)cc1F. The molecule has 2 rings (SSSR count). The molecular weight excluding hydrogens is 336 g/mol. The second-order valence-corrected chi connectivity index (χ2v) is 5.76. The summed E-state index contributed by atoms with van der Waals surface area (Å²) in [5.74, 6) is -0.217. The quantitative estimate of drug-likeness (QED) is 0.735. The normalized spacial score (nSPS) is 12.1. The molecule has 0 amide bonds. The van der Waals surface area contributed by atoms with Gasteiger partial charge in [0.05, 0.1) is 22.8 Å². The minimum Gasteiger partial charge on any atom is -0.494 e. The third kappa shape index (κ3) is 3.73. The van der Waals surface area contributed by atoms with Crippen LogP contribution in [-0.2, 0) is 0 Å². The van der Waals surface area contributed by atoms with Crippen molar-refractivity contribution >= 4 is 40.5 Å². The first kappa shape index (κ1) is 16.2. The molecule has 0 aromatic heterocycles. The fourth-order valence-electron chi connectivity index (χ4n) is 1.93. The minimum absolute atomic E-state index is 0.193. The zero-order chi connectivity index (χ0) is 15.6. The van der Waals surface area contributed by atoms with Gasteiger partial charge in [-0.05, 0) is 36.8 Å². The van der Waals surface area contributed by atoms with Crippen LogP contribution in [0, 0.1) is 5.82 Å². The van der Waals surface area contributed by atoms with Crippen LogP contribution in [0.2, 0.25) is 15.1 Å². The van der Waals surface area contributed by atoms with Gasteiger partial charge in [-0.1, -0.05) is 40.9 Å². The molecule has 2 nitrogen and oxygen atoms in total. The Labute approximate surface area is 137 Å². The number of hydrogen-bond acceptors (Lipinski definition) is 2. The van der Waals surface area contributed by atoms with Gasteiger partial charge in [0.25, 0.3) is 0 Å². The molecule has 0 heterocycles. The van der Waals surface area contributed by atoms with Gasteiger partial charge < -0.3 is 10.1 Å². The molecule has 0 aliphatic rings. The number of nitrogens with one attached hydrogen (secondary N) is 1. The predicted octanol–water partition coefficient (Wildman–Crippen LogP) is 5.97. The smallest absolute Gasteiger partial charge is 0.165 e. The van der Waals surface area contributed by atoms with Crippen LogP contribution in [0.15, 0.2) is 30.3 Å². The Bertz CT molecular complexity index is 640. The number of benzene rings is 2. The Morgan fingerprint density at radius 2 is 1.71 bits per heavy atom. The highest BCUT2D eigenvalue weighted by molar-refractivity contribution is 6.41. The summed E-state index contributed by atoms with van der Waals surface area (Å²) in [6.45, 7) is 1.88. The van der Waals surface area contributed by atoms with Crippen molar-refractivity contribution < 1.29 is 9.13 Å². The number of hydrogen-bond donors (Lipinski definition) is 1. The molecule has 0 bridgehead atoms. The standard InChI is InChI=1S/C15H13Cl3FNO/c1-8(9-3-4-14(21-2)13(19)5-9)20-15-11(17)6-10(16)7-12(15)18/h3-8,20H,1-2H3. The van der Waals surface area contributed by atoms with Crippen molar-refractivity contribution in [1.29, 1.82) is 0 Å². The molecule has 2 aromatic carbocycles. The predicted molar refractivity (Wildman–Crippen MR) is 86.5 cm³/mol. The molecule has 1 unspecified atom stereocenters. The van der Waals surface area contributed by atoms with E-state index >= 15 is 0 Å². The fourth-order valence-corrected chi connectivity index (χ4v) is 2.86. The van der Waals surface area contributed by atoms with Crippen LogP contribution in [-0.4, -0.2) is 7.11 Å². The van der Waals surface area contributed by atoms with E-state index in [9.17, 15) is 4.39 Å². The van der Waals surface area contributed by atoms with E-state index in [0.29, 0.717) is 20.8 Å². The van der Waals surface area contributed by atoms with Gasteiger partial charge in [0.2, 0.25) is 0 Å². The van der Waals surface area contributed by atoms with Gasteiger partial charge >= 0.3 is 0 Å². The largest absolute Gasteiger partial charge is 0.494 e. The zero-order valence-corrected chi connectivity index (χ0v) is 13.7. The fraction of sp³-hybridized carbons (Fsp3) is 0.200. The van der Waals surface area contributed by atoms with E-state index in [1.807, 2.05) is 6.92 Å². The van der Waals surface area contributed by atoms with E-state index in [1.165, 1.54) is 13.2 Å². The average Bonchev–Trinajstić information content (AvgIpc) is 2.42. The molecule has 0 fully saturated rings. The first-order chi connectivity index (χ1) is 9.92. The highest BCUT2D eigenvalue weighted by Crippen LogP contribution is 2.36. The number of rotatable bonds is 4. The summed E-state index contributed by atoms with van der Waals surface area (Å²) >= 11 is 18.1. The summed E-state index contributed by atoms with van der Waals surface area (Å²) in [6, 6.07) is 7.76. The van der Waals surface area contributed by atoms with Gasteiger partial charge in [-0.15, -0.1) is 0 Å². The number of methoxy groups -OCH3 is 1. The molecule has 2 aromatic rings. The van der Waals surface area contributed by atoms with Crippen LogP contribution in [0.1, 0.15) is 18.5 Å². The molecule has 0 saturated heterocycles. The summed E-state index contributed by atoms with van der Waals surface area (Å²) in [7, 11) is 1.42. The maximum atomic E-state index is 13.7. The van der Waals surface area contributed by atoms with Crippen molar-refractivity contribution in [2.45, 2.75) is 13.0 Å².